The number of hydrogen-bond donors (Lipinski definition) is 1. The molecule has 0 aromatic heterocycles. The van der Waals surface area contributed by atoms with E-state index >= 15 is 0 Å². The molecule has 0 aliphatic heterocycles. The SMILES string of the molecule is C/C=C/C=C/SN. The minimum Gasteiger partial charge on any atom is -0.274 e. The van der Waals surface area contributed by atoms with Crippen molar-refractivity contribution in [3.63, 3.8) is 0 Å². The van der Waals surface area contributed by atoms with E-state index < -0.39 is 0 Å². The van der Waals surface area contributed by atoms with Gasteiger partial charge in [-0.3, -0.25) is 5.14 Å². The molecule has 0 heterocycles. The van der Waals surface area contributed by atoms with Crippen LogP contribution in [0.1, 0.15) is 6.92 Å². The first-order valence-electron chi connectivity index (χ1n) is 2.05. The van der Waals surface area contributed by atoms with Gasteiger partial charge in [0.25, 0.3) is 0 Å². The third-order valence-corrected chi connectivity index (χ3v) is 0.775. The molecule has 0 unspecified atom stereocenters. The second-order valence-corrected chi connectivity index (χ2v) is 1.53. The molecule has 0 radical (unpaired) electrons. The number of nitrogens with two attached hydrogens (primary N) is 1. The molecule has 0 saturated heterocycles. The van der Waals surface area contributed by atoms with Crippen molar-refractivity contribution in [1.82, 2.24) is 0 Å². The predicted molar refractivity (Wildman–Crippen MR) is 35.7 cm³/mol. The van der Waals surface area contributed by atoms with Crippen LogP contribution in [0.25, 0.3) is 0 Å². The highest BCUT2D eigenvalue weighted by molar-refractivity contribution is 7.99. The third kappa shape index (κ3) is 5.79. The van der Waals surface area contributed by atoms with Gasteiger partial charge in [0.15, 0.2) is 0 Å². The minimum absolute atomic E-state index is 1.21. The summed E-state index contributed by atoms with van der Waals surface area (Å²) >= 11 is 1.21. The topological polar surface area (TPSA) is 26.0 Å². The Labute approximate surface area is 48.4 Å². The van der Waals surface area contributed by atoms with Gasteiger partial charge in [0.05, 0.1) is 0 Å². The second-order valence-electron chi connectivity index (χ2n) is 0.990. The molecule has 0 amide bonds. The lowest BCUT2D eigenvalue weighted by atomic mass is 10.5. The summed E-state index contributed by atoms with van der Waals surface area (Å²) in [6.45, 7) is 1.96. The van der Waals surface area contributed by atoms with Crippen molar-refractivity contribution in [2.75, 3.05) is 0 Å². The summed E-state index contributed by atoms with van der Waals surface area (Å²) in [5.74, 6) is 0. The summed E-state index contributed by atoms with van der Waals surface area (Å²) in [5, 5.41) is 6.88. The zero-order valence-electron chi connectivity index (χ0n) is 4.29. The van der Waals surface area contributed by atoms with Crippen molar-refractivity contribution in [1.29, 1.82) is 0 Å². The highest BCUT2D eigenvalue weighted by atomic mass is 32.2. The molecular weight excluding hydrogens is 106 g/mol. The Morgan fingerprint density at radius 2 is 2.14 bits per heavy atom. The molecule has 0 fully saturated rings. The zero-order valence-corrected chi connectivity index (χ0v) is 5.11. The summed E-state index contributed by atoms with van der Waals surface area (Å²) in [6.07, 6.45) is 5.78. The molecular formula is C5H9NS. The van der Waals surface area contributed by atoms with Crippen LogP contribution in [0.4, 0.5) is 0 Å². The minimum atomic E-state index is 1.21. The first-order chi connectivity index (χ1) is 3.41. The summed E-state index contributed by atoms with van der Waals surface area (Å²) in [5.41, 5.74) is 0. The standard InChI is InChI=1S/C5H9NS/c1-2-3-4-5-7-6/h2-5H,6H2,1H3/b3-2+,5-4+. The van der Waals surface area contributed by atoms with Crippen molar-refractivity contribution >= 4 is 11.9 Å². The number of rotatable bonds is 2. The first-order valence-corrected chi connectivity index (χ1v) is 2.99. The highest BCUT2D eigenvalue weighted by Gasteiger charge is 1.57. The van der Waals surface area contributed by atoms with Gasteiger partial charge in [0, 0.05) is 0 Å². The van der Waals surface area contributed by atoms with Gasteiger partial charge >= 0.3 is 0 Å². The van der Waals surface area contributed by atoms with E-state index in [-0.39, 0.29) is 0 Å². The van der Waals surface area contributed by atoms with Crippen LogP contribution in [0, 0.1) is 0 Å². The van der Waals surface area contributed by atoms with Crippen molar-refractivity contribution in [2.24, 2.45) is 5.14 Å². The fraction of sp³-hybridized carbons (Fsp3) is 0.200. The normalized spacial score (nSPS) is 11.7. The molecule has 40 valence electrons. The first kappa shape index (κ1) is 6.79. The Morgan fingerprint density at radius 3 is 2.57 bits per heavy atom. The monoisotopic (exact) mass is 115 g/mol. The quantitative estimate of drug-likeness (QED) is 0.437. The number of allylic oxidation sites excluding steroid dienone is 3. The summed E-state index contributed by atoms with van der Waals surface area (Å²) in [6, 6.07) is 0. The molecule has 0 aromatic rings. The Hall–Kier alpha value is -0.210. The van der Waals surface area contributed by atoms with Crippen LogP contribution in [0.3, 0.4) is 0 Å². The van der Waals surface area contributed by atoms with Crippen LogP contribution in [0.15, 0.2) is 23.6 Å². The van der Waals surface area contributed by atoms with E-state index in [1.807, 2.05) is 30.6 Å². The average Bonchev–Trinajstić information content (AvgIpc) is 1.69. The van der Waals surface area contributed by atoms with Gasteiger partial charge in [-0.25, -0.2) is 0 Å². The maximum atomic E-state index is 5.07. The summed E-state index contributed by atoms with van der Waals surface area (Å²) in [4.78, 5) is 0. The second kappa shape index (κ2) is 5.79. The van der Waals surface area contributed by atoms with Gasteiger partial charge in [0.2, 0.25) is 0 Å². The maximum absolute atomic E-state index is 5.07. The summed E-state index contributed by atoms with van der Waals surface area (Å²) < 4.78 is 0. The predicted octanol–water partition coefficient (Wildman–Crippen LogP) is 1.68. The van der Waals surface area contributed by atoms with Crippen molar-refractivity contribution < 1.29 is 0 Å². The van der Waals surface area contributed by atoms with E-state index in [1.165, 1.54) is 11.9 Å². The lowest BCUT2D eigenvalue weighted by Crippen LogP contribution is -1.66. The maximum Gasteiger partial charge on any atom is -0.0138 e. The van der Waals surface area contributed by atoms with E-state index in [9.17, 15) is 0 Å². The fourth-order valence-electron chi connectivity index (χ4n) is 0.202. The molecule has 0 aromatic carbocycles. The van der Waals surface area contributed by atoms with E-state index in [1.54, 1.807) is 0 Å². The van der Waals surface area contributed by atoms with Crippen LogP contribution in [-0.2, 0) is 0 Å². The number of hydrogen-bond acceptors (Lipinski definition) is 2. The fourth-order valence-corrected chi connectivity index (χ4v) is 0.383. The van der Waals surface area contributed by atoms with Gasteiger partial charge in [-0.1, -0.05) is 30.2 Å². The molecule has 2 N–H and O–H groups in total. The van der Waals surface area contributed by atoms with Gasteiger partial charge in [-0.05, 0) is 12.3 Å². The molecule has 0 rings (SSSR count). The van der Waals surface area contributed by atoms with E-state index in [0.717, 1.165) is 0 Å². The van der Waals surface area contributed by atoms with Crippen LogP contribution in [0.2, 0.25) is 0 Å². The van der Waals surface area contributed by atoms with Gasteiger partial charge < -0.3 is 0 Å². The lowest BCUT2D eigenvalue weighted by Gasteiger charge is -1.71. The summed E-state index contributed by atoms with van der Waals surface area (Å²) in [7, 11) is 0. The largest absolute Gasteiger partial charge is 0.274 e. The Kier molecular flexibility index (Phi) is 5.62. The Morgan fingerprint density at radius 1 is 1.43 bits per heavy atom. The zero-order chi connectivity index (χ0) is 5.54. The van der Waals surface area contributed by atoms with Crippen LogP contribution in [-0.4, -0.2) is 0 Å². The van der Waals surface area contributed by atoms with Crippen molar-refractivity contribution in [3.05, 3.63) is 23.6 Å². The molecule has 0 bridgehead atoms. The Balaban J connectivity index is 3.09. The van der Waals surface area contributed by atoms with E-state index in [2.05, 4.69) is 0 Å². The lowest BCUT2D eigenvalue weighted by molar-refractivity contribution is 1.74. The smallest absolute Gasteiger partial charge is 0.0138 e. The molecule has 0 aliphatic carbocycles. The van der Waals surface area contributed by atoms with Crippen LogP contribution < -0.4 is 5.14 Å². The third-order valence-electron chi connectivity index (χ3n) is 0.461. The molecule has 2 heteroatoms. The highest BCUT2D eigenvalue weighted by Crippen LogP contribution is 1.86. The Bertz CT molecular complexity index is 76.1. The molecule has 0 atom stereocenters. The van der Waals surface area contributed by atoms with Crippen molar-refractivity contribution in [3.8, 4) is 0 Å². The van der Waals surface area contributed by atoms with Crippen molar-refractivity contribution in [2.45, 2.75) is 6.92 Å². The molecule has 7 heavy (non-hydrogen) atoms. The molecule has 0 spiro atoms. The van der Waals surface area contributed by atoms with Crippen LogP contribution >= 0.6 is 11.9 Å². The average molecular weight is 115 g/mol. The van der Waals surface area contributed by atoms with Gasteiger partial charge in [-0.2, -0.15) is 0 Å². The molecule has 0 aliphatic rings. The molecule has 0 saturated carbocycles. The molecule has 1 nitrogen and oxygen atoms in total. The van der Waals surface area contributed by atoms with E-state index in [4.69, 9.17) is 5.14 Å². The van der Waals surface area contributed by atoms with Gasteiger partial charge in [0.1, 0.15) is 0 Å². The van der Waals surface area contributed by atoms with Crippen LogP contribution in [0.5, 0.6) is 0 Å². The van der Waals surface area contributed by atoms with Gasteiger partial charge in [-0.15, -0.1) is 0 Å². The van der Waals surface area contributed by atoms with E-state index in [0.29, 0.717) is 0 Å².